The largest absolute Gasteiger partial charge is 0.326 e. The van der Waals surface area contributed by atoms with Gasteiger partial charge in [-0.05, 0) is 47.9 Å². The van der Waals surface area contributed by atoms with Crippen LogP contribution in [0, 0.1) is 6.92 Å². The van der Waals surface area contributed by atoms with Crippen molar-refractivity contribution < 1.29 is 13.2 Å². The number of aryl methyl sites for hydroxylation is 1. The number of aromatic nitrogens is 4. The average Bonchev–Trinajstić information content (AvgIpc) is 3.29. The molecule has 1 saturated carbocycles. The van der Waals surface area contributed by atoms with Gasteiger partial charge in [0.25, 0.3) is 0 Å². The van der Waals surface area contributed by atoms with Crippen molar-refractivity contribution in [3.8, 4) is 5.69 Å². The number of carbonyl (C=O) groups excluding carboxylic acids is 1. The number of amides is 1. The fourth-order valence-corrected chi connectivity index (χ4v) is 4.88. The number of carbonyl (C=O) groups is 1. The predicted molar refractivity (Wildman–Crippen MR) is 93.2 cm³/mol. The number of rotatable bonds is 6. The molecule has 0 bridgehead atoms. The molecular formula is C16H21N5O3S. The van der Waals surface area contributed by atoms with Crippen LogP contribution in [0.1, 0.15) is 37.7 Å². The zero-order valence-electron chi connectivity index (χ0n) is 14.1. The van der Waals surface area contributed by atoms with Gasteiger partial charge in [-0.25, -0.2) is 13.1 Å². The normalized spacial score (nSPS) is 15.4. The third-order valence-electron chi connectivity index (χ3n) is 4.53. The second-order valence-corrected chi connectivity index (χ2v) is 8.73. The Bertz CT molecular complexity index is 843. The number of hydrogen-bond donors (Lipinski definition) is 1. The lowest BCUT2D eigenvalue weighted by atomic mass is 10.1. The molecule has 25 heavy (non-hydrogen) atoms. The highest BCUT2D eigenvalue weighted by Gasteiger charge is 2.28. The SMILES string of the molecule is Cc1ccc(-n2cnnn2)cc1NC(=O)CCS(=O)(=O)C1CCCC1. The molecule has 0 atom stereocenters. The van der Waals surface area contributed by atoms with Crippen molar-refractivity contribution in [2.24, 2.45) is 0 Å². The van der Waals surface area contributed by atoms with Gasteiger partial charge in [-0.15, -0.1) is 5.10 Å². The van der Waals surface area contributed by atoms with E-state index in [1.165, 1.54) is 11.0 Å². The molecule has 2 aromatic rings. The summed E-state index contributed by atoms with van der Waals surface area (Å²) in [6.45, 7) is 1.87. The topological polar surface area (TPSA) is 107 Å². The Kier molecular flexibility index (Phi) is 5.12. The predicted octanol–water partition coefficient (Wildman–Crippen LogP) is 1.66. The molecule has 9 heteroatoms. The zero-order chi connectivity index (χ0) is 17.9. The molecule has 1 heterocycles. The molecule has 134 valence electrons. The van der Waals surface area contributed by atoms with Crippen LogP contribution in [0.15, 0.2) is 24.5 Å². The van der Waals surface area contributed by atoms with Crippen LogP contribution >= 0.6 is 0 Å². The summed E-state index contributed by atoms with van der Waals surface area (Å²) in [7, 11) is -3.19. The van der Waals surface area contributed by atoms with Gasteiger partial charge in [0.2, 0.25) is 5.91 Å². The van der Waals surface area contributed by atoms with E-state index in [-0.39, 0.29) is 23.3 Å². The maximum Gasteiger partial charge on any atom is 0.225 e. The Labute approximate surface area is 146 Å². The summed E-state index contributed by atoms with van der Waals surface area (Å²) >= 11 is 0. The maximum absolute atomic E-state index is 12.3. The van der Waals surface area contributed by atoms with Crippen LogP contribution in [0.2, 0.25) is 0 Å². The van der Waals surface area contributed by atoms with Crippen LogP contribution in [0.3, 0.4) is 0 Å². The van der Waals surface area contributed by atoms with E-state index in [0.717, 1.165) is 31.2 Å². The van der Waals surface area contributed by atoms with Crippen molar-refractivity contribution in [1.82, 2.24) is 20.2 Å². The van der Waals surface area contributed by atoms with Crippen molar-refractivity contribution in [3.05, 3.63) is 30.1 Å². The smallest absolute Gasteiger partial charge is 0.225 e. The van der Waals surface area contributed by atoms with Gasteiger partial charge in [0.05, 0.1) is 16.7 Å². The highest BCUT2D eigenvalue weighted by Crippen LogP contribution is 2.25. The van der Waals surface area contributed by atoms with Gasteiger partial charge in [-0.3, -0.25) is 4.79 Å². The molecule has 0 aliphatic heterocycles. The first-order chi connectivity index (χ1) is 12.0. The second kappa shape index (κ2) is 7.30. The van der Waals surface area contributed by atoms with Crippen molar-refractivity contribution in [2.45, 2.75) is 44.3 Å². The van der Waals surface area contributed by atoms with E-state index >= 15 is 0 Å². The molecule has 8 nitrogen and oxygen atoms in total. The van der Waals surface area contributed by atoms with Gasteiger partial charge in [-0.1, -0.05) is 18.9 Å². The molecule has 3 rings (SSSR count). The Morgan fingerprint density at radius 2 is 2.08 bits per heavy atom. The molecule has 1 fully saturated rings. The van der Waals surface area contributed by atoms with Gasteiger partial charge >= 0.3 is 0 Å². The van der Waals surface area contributed by atoms with E-state index in [9.17, 15) is 13.2 Å². The van der Waals surface area contributed by atoms with Crippen LogP contribution in [0.5, 0.6) is 0 Å². The van der Waals surface area contributed by atoms with E-state index in [4.69, 9.17) is 0 Å². The first-order valence-corrected chi connectivity index (χ1v) is 10.0. The standard InChI is InChI=1S/C16H21N5O3S/c1-12-6-7-13(21-11-17-19-20-21)10-15(12)18-16(22)8-9-25(23,24)14-4-2-3-5-14/h6-7,10-11,14H,2-5,8-9H2,1H3,(H,18,22). The van der Waals surface area contributed by atoms with E-state index in [0.29, 0.717) is 11.4 Å². The van der Waals surface area contributed by atoms with E-state index in [1.54, 1.807) is 6.07 Å². The van der Waals surface area contributed by atoms with Crippen LogP contribution in [0.4, 0.5) is 5.69 Å². The molecule has 1 aromatic heterocycles. The van der Waals surface area contributed by atoms with Gasteiger partial charge in [-0.2, -0.15) is 0 Å². The molecule has 1 N–H and O–H groups in total. The summed E-state index contributed by atoms with van der Waals surface area (Å²) in [5.74, 6) is -0.409. The summed E-state index contributed by atoms with van der Waals surface area (Å²) in [5.41, 5.74) is 2.21. The summed E-state index contributed by atoms with van der Waals surface area (Å²) in [5, 5.41) is 13.5. The Morgan fingerprint density at radius 1 is 1.32 bits per heavy atom. The van der Waals surface area contributed by atoms with Crippen LogP contribution in [-0.2, 0) is 14.6 Å². The maximum atomic E-state index is 12.3. The first kappa shape index (κ1) is 17.5. The summed E-state index contributed by atoms with van der Waals surface area (Å²) in [6, 6.07) is 5.45. The van der Waals surface area contributed by atoms with Crippen molar-refractivity contribution >= 4 is 21.4 Å². The van der Waals surface area contributed by atoms with Crippen molar-refractivity contribution in [1.29, 1.82) is 0 Å². The second-order valence-electron chi connectivity index (χ2n) is 6.33. The third-order valence-corrected chi connectivity index (χ3v) is 6.79. The number of anilines is 1. The Hall–Kier alpha value is -2.29. The molecule has 1 aliphatic carbocycles. The average molecular weight is 363 g/mol. The Balaban J connectivity index is 1.64. The lowest BCUT2D eigenvalue weighted by Crippen LogP contribution is -2.24. The van der Waals surface area contributed by atoms with Gasteiger partial charge in [0.15, 0.2) is 9.84 Å². The zero-order valence-corrected chi connectivity index (χ0v) is 14.9. The number of hydrogen-bond acceptors (Lipinski definition) is 6. The highest BCUT2D eigenvalue weighted by atomic mass is 32.2. The van der Waals surface area contributed by atoms with E-state index in [2.05, 4.69) is 20.8 Å². The van der Waals surface area contributed by atoms with E-state index in [1.807, 2.05) is 19.1 Å². The summed E-state index contributed by atoms with van der Waals surface area (Å²) < 4.78 is 26.0. The number of tetrazole rings is 1. The van der Waals surface area contributed by atoms with Crippen molar-refractivity contribution in [3.63, 3.8) is 0 Å². The molecule has 1 aliphatic rings. The molecule has 0 saturated heterocycles. The van der Waals surface area contributed by atoms with Crippen molar-refractivity contribution in [2.75, 3.05) is 11.1 Å². The monoisotopic (exact) mass is 363 g/mol. The molecule has 1 amide bonds. The highest BCUT2D eigenvalue weighted by molar-refractivity contribution is 7.92. The van der Waals surface area contributed by atoms with Gasteiger partial charge in [0, 0.05) is 12.1 Å². The summed E-state index contributed by atoms with van der Waals surface area (Å²) in [4.78, 5) is 12.2. The van der Waals surface area contributed by atoms with E-state index < -0.39 is 9.84 Å². The summed E-state index contributed by atoms with van der Waals surface area (Å²) in [6.07, 6.45) is 4.78. The first-order valence-electron chi connectivity index (χ1n) is 8.31. The third kappa shape index (κ3) is 4.22. The number of benzene rings is 1. The lowest BCUT2D eigenvalue weighted by Gasteiger charge is -2.12. The number of sulfone groups is 1. The fourth-order valence-electron chi connectivity index (χ4n) is 3.03. The van der Waals surface area contributed by atoms with Crippen LogP contribution < -0.4 is 5.32 Å². The minimum Gasteiger partial charge on any atom is -0.326 e. The molecule has 0 spiro atoms. The molecular weight excluding hydrogens is 342 g/mol. The lowest BCUT2D eigenvalue weighted by molar-refractivity contribution is -0.115. The minimum absolute atomic E-state index is 0.0343. The van der Waals surface area contributed by atoms with Gasteiger partial charge in [0.1, 0.15) is 6.33 Å². The number of nitrogens with zero attached hydrogens (tertiary/aromatic N) is 4. The molecule has 1 aromatic carbocycles. The van der Waals surface area contributed by atoms with Crippen LogP contribution in [0.25, 0.3) is 5.69 Å². The van der Waals surface area contributed by atoms with Gasteiger partial charge < -0.3 is 5.32 Å². The number of nitrogens with one attached hydrogen (secondary N) is 1. The molecule has 0 radical (unpaired) electrons. The fraction of sp³-hybridized carbons (Fsp3) is 0.500. The minimum atomic E-state index is -3.19. The quantitative estimate of drug-likeness (QED) is 0.836. The Morgan fingerprint density at radius 3 is 2.76 bits per heavy atom. The van der Waals surface area contributed by atoms with Crippen LogP contribution in [-0.4, -0.2) is 45.5 Å². The molecule has 0 unspecified atom stereocenters.